The van der Waals surface area contributed by atoms with Crippen LogP contribution >= 0.6 is 23.6 Å². The lowest BCUT2D eigenvalue weighted by Gasteiger charge is -2.16. The third kappa shape index (κ3) is 3.18. The Hall–Kier alpha value is -2.25. The van der Waals surface area contributed by atoms with E-state index in [4.69, 9.17) is 12.2 Å². The molecule has 2 aromatic heterocycles. The van der Waals surface area contributed by atoms with Gasteiger partial charge < -0.3 is 5.32 Å². The third-order valence-electron chi connectivity index (χ3n) is 3.87. The lowest BCUT2D eigenvalue weighted by atomic mass is 10.1. The zero-order chi connectivity index (χ0) is 17.1. The molecule has 0 spiro atoms. The van der Waals surface area contributed by atoms with Crippen molar-refractivity contribution in [1.29, 1.82) is 0 Å². The van der Waals surface area contributed by atoms with Crippen molar-refractivity contribution in [2.75, 3.05) is 5.32 Å². The van der Waals surface area contributed by atoms with E-state index < -0.39 is 6.04 Å². The topological polar surface area (TPSA) is 62.7 Å². The van der Waals surface area contributed by atoms with Crippen LogP contribution in [0.15, 0.2) is 41.8 Å². The molecule has 0 aliphatic carbocycles. The molecule has 124 valence electrons. The smallest absolute Gasteiger partial charge is 0.247 e. The van der Waals surface area contributed by atoms with Gasteiger partial charge in [-0.25, -0.2) is 0 Å². The second kappa shape index (κ2) is 7.11. The number of thiophene rings is 1. The van der Waals surface area contributed by atoms with Gasteiger partial charge in [-0.3, -0.25) is 14.5 Å². The van der Waals surface area contributed by atoms with Crippen LogP contribution in [-0.2, 0) is 11.2 Å². The van der Waals surface area contributed by atoms with Crippen molar-refractivity contribution in [1.82, 2.24) is 14.8 Å². The summed E-state index contributed by atoms with van der Waals surface area (Å²) >= 11 is 6.89. The number of benzene rings is 1. The maximum absolute atomic E-state index is 12.7. The SMILES string of the molecule is CCc1ccccc1NC(=O)[C@H](C)n1c(-c2cccs2)n[nH]c1=S. The zero-order valence-corrected chi connectivity index (χ0v) is 15.1. The number of carbonyl (C=O) groups is 1. The van der Waals surface area contributed by atoms with Gasteiger partial charge in [0.05, 0.1) is 4.88 Å². The quantitative estimate of drug-likeness (QED) is 0.663. The maximum Gasteiger partial charge on any atom is 0.247 e. The zero-order valence-electron chi connectivity index (χ0n) is 13.4. The molecule has 3 aromatic rings. The highest BCUT2D eigenvalue weighted by molar-refractivity contribution is 7.71. The first-order valence-electron chi connectivity index (χ1n) is 7.71. The van der Waals surface area contributed by atoms with E-state index in [-0.39, 0.29) is 5.91 Å². The fourth-order valence-corrected chi connectivity index (χ4v) is 3.55. The summed E-state index contributed by atoms with van der Waals surface area (Å²) in [7, 11) is 0. The molecule has 2 heterocycles. The first kappa shape index (κ1) is 16.6. The first-order chi connectivity index (χ1) is 11.6. The maximum atomic E-state index is 12.7. The fraction of sp³-hybridized carbons (Fsp3) is 0.235. The Kier molecular flexibility index (Phi) is 4.92. The molecule has 0 fully saturated rings. The van der Waals surface area contributed by atoms with Crippen LogP contribution in [-0.4, -0.2) is 20.7 Å². The number of carbonyl (C=O) groups excluding carboxylic acids is 1. The number of nitrogens with one attached hydrogen (secondary N) is 2. The summed E-state index contributed by atoms with van der Waals surface area (Å²) in [4.78, 5) is 13.7. The predicted molar refractivity (Wildman–Crippen MR) is 99.9 cm³/mol. The second-order valence-electron chi connectivity index (χ2n) is 5.38. The Morgan fingerprint density at radius 2 is 2.17 bits per heavy atom. The highest BCUT2D eigenvalue weighted by Crippen LogP contribution is 2.26. The van der Waals surface area contributed by atoms with E-state index in [1.807, 2.05) is 48.7 Å². The molecule has 0 bridgehead atoms. The monoisotopic (exact) mass is 358 g/mol. The van der Waals surface area contributed by atoms with E-state index in [2.05, 4.69) is 22.4 Å². The number of amides is 1. The lowest BCUT2D eigenvalue weighted by molar-refractivity contribution is -0.118. The average molecular weight is 358 g/mol. The number of anilines is 1. The van der Waals surface area contributed by atoms with Crippen LogP contribution in [0.2, 0.25) is 0 Å². The van der Waals surface area contributed by atoms with Gasteiger partial charge in [0.1, 0.15) is 6.04 Å². The molecule has 2 N–H and O–H groups in total. The van der Waals surface area contributed by atoms with Gasteiger partial charge in [0.25, 0.3) is 0 Å². The van der Waals surface area contributed by atoms with E-state index in [0.29, 0.717) is 10.6 Å². The molecule has 0 aliphatic heterocycles. The fourth-order valence-electron chi connectivity index (χ4n) is 2.55. The van der Waals surface area contributed by atoms with Crippen molar-refractivity contribution in [2.24, 2.45) is 0 Å². The number of para-hydroxylation sites is 1. The number of H-pyrrole nitrogens is 1. The number of aromatic amines is 1. The molecular formula is C17H18N4OS2. The molecule has 3 rings (SSSR count). The molecule has 0 aliphatic rings. The van der Waals surface area contributed by atoms with Crippen LogP contribution in [0.5, 0.6) is 0 Å². The largest absolute Gasteiger partial charge is 0.324 e. The number of rotatable bonds is 5. The molecule has 0 radical (unpaired) electrons. The highest BCUT2D eigenvalue weighted by atomic mass is 32.1. The number of hydrogen-bond donors (Lipinski definition) is 2. The number of aryl methyl sites for hydroxylation is 1. The van der Waals surface area contributed by atoms with Crippen LogP contribution < -0.4 is 5.32 Å². The van der Waals surface area contributed by atoms with Gasteiger partial charge in [0.15, 0.2) is 10.6 Å². The molecule has 7 heteroatoms. The Bertz CT molecular complexity index is 895. The summed E-state index contributed by atoms with van der Waals surface area (Å²) in [6.45, 7) is 3.89. The van der Waals surface area contributed by atoms with E-state index in [9.17, 15) is 4.79 Å². The van der Waals surface area contributed by atoms with Gasteiger partial charge in [-0.15, -0.1) is 11.3 Å². The van der Waals surface area contributed by atoms with E-state index in [1.54, 1.807) is 15.9 Å². The Balaban J connectivity index is 1.90. The van der Waals surface area contributed by atoms with Crippen molar-refractivity contribution in [3.8, 4) is 10.7 Å². The van der Waals surface area contributed by atoms with Crippen molar-refractivity contribution < 1.29 is 4.79 Å². The molecule has 1 aromatic carbocycles. The number of aromatic nitrogens is 3. The average Bonchev–Trinajstić information content (AvgIpc) is 3.24. The molecule has 0 saturated heterocycles. The van der Waals surface area contributed by atoms with E-state index in [0.717, 1.165) is 22.5 Å². The summed E-state index contributed by atoms with van der Waals surface area (Å²) < 4.78 is 2.19. The lowest BCUT2D eigenvalue weighted by Crippen LogP contribution is -2.24. The van der Waals surface area contributed by atoms with Crippen LogP contribution in [0.25, 0.3) is 10.7 Å². The van der Waals surface area contributed by atoms with Crippen LogP contribution in [0.3, 0.4) is 0 Å². The van der Waals surface area contributed by atoms with Crippen molar-refractivity contribution >= 4 is 35.1 Å². The molecule has 24 heavy (non-hydrogen) atoms. The molecular weight excluding hydrogens is 340 g/mol. The van der Waals surface area contributed by atoms with Crippen LogP contribution in [0.4, 0.5) is 5.69 Å². The van der Waals surface area contributed by atoms with Gasteiger partial charge in [-0.1, -0.05) is 31.2 Å². The second-order valence-corrected chi connectivity index (χ2v) is 6.71. The molecule has 1 amide bonds. The minimum atomic E-state index is -0.474. The standard InChI is InChI=1S/C17H18N4OS2/c1-3-12-7-4-5-8-13(12)18-16(22)11(2)21-15(19-20-17(21)23)14-9-6-10-24-14/h4-11H,3H2,1-2H3,(H,18,22)(H,20,23)/t11-/m0/s1. The van der Waals surface area contributed by atoms with Gasteiger partial charge in [-0.05, 0) is 48.6 Å². The summed E-state index contributed by atoms with van der Waals surface area (Å²) in [5.74, 6) is 0.563. The highest BCUT2D eigenvalue weighted by Gasteiger charge is 2.21. The predicted octanol–water partition coefficient (Wildman–Crippen LogP) is 4.43. The van der Waals surface area contributed by atoms with Gasteiger partial charge in [0, 0.05) is 5.69 Å². The van der Waals surface area contributed by atoms with Crippen molar-refractivity contribution in [2.45, 2.75) is 26.3 Å². The molecule has 1 atom stereocenters. The number of nitrogens with zero attached hydrogens (tertiary/aromatic N) is 2. The van der Waals surface area contributed by atoms with Gasteiger partial charge in [0.2, 0.25) is 5.91 Å². The van der Waals surface area contributed by atoms with E-state index >= 15 is 0 Å². The third-order valence-corrected chi connectivity index (χ3v) is 5.02. The van der Waals surface area contributed by atoms with Gasteiger partial charge in [-0.2, -0.15) is 5.10 Å². The summed E-state index contributed by atoms with van der Waals surface area (Å²) in [6.07, 6.45) is 0.858. The summed E-state index contributed by atoms with van der Waals surface area (Å²) in [6, 6.07) is 11.3. The minimum Gasteiger partial charge on any atom is -0.324 e. The van der Waals surface area contributed by atoms with Crippen LogP contribution in [0, 0.1) is 4.77 Å². The van der Waals surface area contributed by atoms with Gasteiger partial charge >= 0.3 is 0 Å². The normalized spacial score (nSPS) is 12.1. The summed E-state index contributed by atoms with van der Waals surface area (Å²) in [5.41, 5.74) is 1.94. The Labute approximate surface area is 149 Å². The Morgan fingerprint density at radius 1 is 1.38 bits per heavy atom. The first-order valence-corrected chi connectivity index (χ1v) is 9.00. The molecule has 0 saturated carbocycles. The molecule has 0 unspecified atom stereocenters. The van der Waals surface area contributed by atoms with Crippen molar-refractivity contribution in [3.05, 3.63) is 52.1 Å². The Morgan fingerprint density at radius 3 is 2.88 bits per heavy atom. The number of hydrogen-bond acceptors (Lipinski definition) is 4. The summed E-state index contributed by atoms with van der Waals surface area (Å²) in [5, 5.41) is 12.0. The van der Waals surface area contributed by atoms with Crippen molar-refractivity contribution in [3.63, 3.8) is 0 Å². The van der Waals surface area contributed by atoms with Crippen LogP contribution in [0.1, 0.15) is 25.5 Å². The minimum absolute atomic E-state index is 0.119. The molecule has 5 nitrogen and oxygen atoms in total. The van der Waals surface area contributed by atoms with E-state index in [1.165, 1.54) is 0 Å².